The van der Waals surface area contributed by atoms with Crippen LogP contribution in [0.4, 0.5) is 0 Å². The molecule has 0 spiro atoms. The lowest BCUT2D eigenvalue weighted by Crippen LogP contribution is -2.48. The third-order valence-corrected chi connectivity index (χ3v) is 4.32. The van der Waals surface area contributed by atoms with Gasteiger partial charge >= 0.3 is 0 Å². The van der Waals surface area contributed by atoms with Gasteiger partial charge in [-0.1, -0.05) is 23.2 Å². The first-order valence-electron chi connectivity index (χ1n) is 6.73. The summed E-state index contributed by atoms with van der Waals surface area (Å²) in [5, 5.41) is 1.11. The predicted molar refractivity (Wildman–Crippen MR) is 81.4 cm³/mol. The van der Waals surface area contributed by atoms with Gasteiger partial charge in [0.1, 0.15) is 11.9 Å². The van der Waals surface area contributed by atoms with Crippen LogP contribution in [0.3, 0.4) is 0 Å². The van der Waals surface area contributed by atoms with E-state index >= 15 is 0 Å². The molecular weight excluding hydrogens is 281 g/mol. The highest BCUT2D eigenvalue weighted by Crippen LogP contribution is 2.29. The summed E-state index contributed by atoms with van der Waals surface area (Å²) >= 11 is 11.9. The maximum atomic E-state index is 5.99. The van der Waals surface area contributed by atoms with Crippen molar-refractivity contribution in [2.45, 2.75) is 45.3 Å². The molecule has 106 valence electrons. The van der Waals surface area contributed by atoms with E-state index in [0.29, 0.717) is 10.0 Å². The Balaban J connectivity index is 1.90. The van der Waals surface area contributed by atoms with Gasteiger partial charge in [0.05, 0.1) is 10.0 Å². The molecule has 0 saturated carbocycles. The van der Waals surface area contributed by atoms with Crippen molar-refractivity contribution in [2.75, 3.05) is 13.1 Å². The fraction of sp³-hybridized carbons (Fsp3) is 0.600. The van der Waals surface area contributed by atoms with Gasteiger partial charge in [0, 0.05) is 24.7 Å². The lowest BCUT2D eigenvalue weighted by Gasteiger charge is -2.40. The van der Waals surface area contributed by atoms with Gasteiger partial charge in [-0.05, 0) is 45.7 Å². The van der Waals surface area contributed by atoms with Crippen molar-refractivity contribution >= 4 is 23.2 Å². The number of piperidine rings is 1. The number of rotatable bonds is 2. The molecule has 0 atom stereocenters. The van der Waals surface area contributed by atoms with E-state index in [-0.39, 0.29) is 11.6 Å². The smallest absolute Gasteiger partial charge is 0.121 e. The summed E-state index contributed by atoms with van der Waals surface area (Å²) in [6.45, 7) is 8.93. The highest BCUT2D eigenvalue weighted by atomic mass is 35.5. The Morgan fingerprint density at radius 3 is 2.26 bits per heavy atom. The molecule has 0 amide bonds. The average Bonchev–Trinajstić information content (AvgIpc) is 2.33. The topological polar surface area (TPSA) is 12.5 Å². The minimum atomic E-state index is 0.245. The zero-order valence-corrected chi connectivity index (χ0v) is 13.3. The van der Waals surface area contributed by atoms with Crippen LogP contribution < -0.4 is 4.74 Å². The molecule has 1 saturated heterocycles. The van der Waals surface area contributed by atoms with Gasteiger partial charge in [0.2, 0.25) is 0 Å². The number of halogens is 2. The molecule has 0 radical (unpaired) electrons. The third-order valence-electron chi connectivity index (χ3n) is 3.58. The largest absolute Gasteiger partial charge is 0.490 e. The standard InChI is InChI=1S/C15H21Cl2NO/c1-15(2,3)18-8-6-11(7-9-18)19-12-4-5-13(16)14(17)10-12/h4-5,10-11H,6-9H2,1-3H3. The second kappa shape index (κ2) is 5.90. The van der Waals surface area contributed by atoms with Crippen LogP contribution in [-0.4, -0.2) is 29.6 Å². The first-order chi connectivity index (χ1) is 8.86. The quantitative estimate of drug-likeness (QED) is 0.789. The average molecular weight is 302 g/mol. The van der Waals surface area contributed by atoms with E-state index in [1.165, 1.54) is 0 Å². The van der Waals surface area contributed by atoms with Crippen molar-refractivity contribution in [3.8, 4) is 5.75 Å². The highest BCUT2D eigenvalue weighted by molar-refractivity contribution is 6.42. The van der Waals surface area contributed by atoms with Crippen LogP contribution >= 0.6 is 23.2 Å². The number of benzene rings is 1. The van der Waals surface area contributed by atoms with Crippen molar-refractivity contribution in [2.24, 2.45) is 0 Å². The van der Waals surface area contributed by atoms with Crippen LogP contribution in [0.15, 0.2) is 18.2 Å². The molecule has 0 aromatic heterocycles. The van der Waals surface area contributed by atoms with E-state index in [0.717, 1.165) is 31.7 Å². The molecule has 1 aliphatic rings. The van der Waals surface area contributed by atoms with Crippen LogP contribution in [0.25, 0.3) is 0 Å². The van der Waals surface area contributed by atoms with Crippen molar-refractivity contribution in [1.82, 2.24) is 4.90 Å². The van der Waals surface area contributed by atoms with E-state index in [9.17, 15) is 0 Å². The molecule has 1 aromatic carbocycles. The molecule has 0 aliphatic carbocycles. The molecule has 4 heteroatoms. The Kier molecular flexibility index (Phi) is 4.65. The lowest BCUT2D eigenvalue weighted by molar-refractivity contribution is 0.0491. The van der Waals surface area contributed by atoms with Crippen molar-refractivity contribution in [3.63, 3.8) is 0 Å². The Morgan fingerprint density at radius 1 is 1.11 bits per heavy atom. The summed E-state index contributed by atoms with van der Waals surface area (Å²) in [7, 11) is 0. The molecule has 2 nitrogen and oxygen atoms in total. The van der Waals surface area contributed by atoms with Crippen LogP contribution in [0.2, 0.25) is 10.0 Å². The van der Waals surface area contributed by atoms with E-state index in [2.05, 4.69) is 25.7 Å². The van der Waals surface area contributed by atoms with Crippen LogP contribution in [0.5, 0.6) is 5.75 Å². The number of ether oxygens (including phenoxy) is 1. The Hall–Kier alpha value is -0.440. The second-order valence-electron chi connectivity index (χ2n) is 6.05. The van der Waals surface area contributed by atoms with Crippen LogP contribution in [0.1, 0.15) is 33.6 Å². The van der Waals surface area contributed by atoms with Crippen LogP contribution in [0, 0.1) is 0 Å². The zero-order valence-electron chi connectivity index (χ0n) is 11.7. The third kappa shape index (κ3) is 4.01. The number of hydrogen-bond donors (Lipinski definition) is 0. The van der Waals surface area contributed by atoms with Gasteiger partial charge in [-0.3, -0.25) is 4.90 Å². The summed E-state index contributed by atoms with van der Waals surface area (Å²) < 4.78 is 5.98. The van der Waals surface area contributed by atoms with Crippen molar-refractivity contribution in [1.29, 1.82) is 0 Å². The van der Waals surface area contributed by atoms with Gasteiger partial charge in [0.15, 0.2) is 0 Å². The molecule has 1 fully saturated rings. The molecule has 0 N–H and O–H groups in total. The van der Waals surface area contributed by atoms with Gasteiger partial charge in [-0.15, -0.1) is 0 Å². The number of nitrogens with zero attached hydrogens (tertiary/aromatic N) is 1. The Labute approximate surface area is 125 Å². The van der Waals surface area contributed by atoms with Gasteiger partial charge in [-0.2, -0.15) is 0 Å². The molecule has 0 bridgehead atoms. The molecule has 19 heavy (non-hydrogen) atoms. The fourth-order valence-electron chi connectivity index (χ4n) is 2.39. The zero-order chi connectivity index (χ0) is 14.0. The summed E-state index contributed by atoms with van der Waals surface area (Å²) in [5.74, 6) is 0.809. The summed E-state index contributed by atoms with van der Waals surface area (Å²) in [6.07, 6.45) is 2.38. The molecule has 0 unspecified atom stereocenters. The molecule has 1 aromatic rings. The minimum Gasteiger partial charge on any atom is -0.490 e. The molecular formula is C15H21Cl2NO. The number of hydrogen-bond acceptors (Lipinski definition) is 2. The van der Waals surface area contributed by atoms with E-state index in [1.54, 1.807) is 12.1 Å². The highest BCUT2D eigenvalue weighted by Gasteiger charge is 2.27. The maximum Gasteiger partial charge on any atom is 0.121 e. The van der Waals surface area contributed by atoms with E-state index in [4.69, 9.17) is 27.9 Å². The lowest BCUT2D eigenvalue weighted by atomic mass is 9.99. The second-order valence-corrected chi connectivity index (χ2v) is 6.87. The van der Waals surface area contributed by atoms with Crippen molar-refractivity contribution in [3.05, 3.63) is 28.2 Å². The molecule has 1 heterocycles. The van der Waals surface area contributed by atoms with E-state index in [1.807, 2.05) is 6.07 Å². The SMILES string of the molecule is CC(C)(C)N1CCC(Oc2ccc(Cl)c(Cl)c2)CC1. The molecule has 2 rings (SSSR count). The molecule has 1 aliphatic heterocycles. The van der Waals surface area contributed by atoms with Crippen molar-refractivity contribution < 1.29 is 4.74 Å². The fourth-order valence-corrected chi connectivity index (χ4v) is 2.68. The summed E-state index contributed by atoms with van der Waals surface area (Å²) in [6, 6.07) is 5.45. The first kappa shape index (κ1) is 15.0. The normalized spacial score (nSPS) is 18.6. The monoisotopic (exact) mass is 301 g/mol. The Morgan fingerprint density at radius 2 is 1.74 bits per heavy atom. The summed E-state index contributed by atoms with van der Waals surface area (Å²) in [5.41, 5.74) is 0.245. The predicted octanol–water partition coefficient (Wildman–Crippen LogP) is 4.64. The summed E-state index contributed by atoms with van der Waals surface area (Å²) in [4.78, 5) is 2.50. The van der Waals surface area contributed by atoms with Crippen LogP contribution in [-0.2, 0) is 0 Å². The Bertz CT molecular complexity index is 434. The minimum absolute atomic E-state index is 0.245. The number of likely N-dealkylation sites (tertiary alicyclic amines) is 1. The van der Waals surface area contributed by atoms with Gasteiger partial charge in [-0.25, -0.2) is 0 Å². The maximum absolute atomic E-state index is 5.99. The van der Waals surface area contributed by atoms with Gasteiger partial charge in [0.25, 0.3) is 0 Å². The van der Waals surface area contributed by atoms with Gasteiger partial charge < -0.3 is 4.74 Å². The first-order valence-corrected chi connectivity index (χ1v) is 7.48. The van der Waals surface area contributed by atoms with E-state index < -0.39 is 0 Å².